The van der Waals surface area contributed by atoms with Crippen LogP contribution in [0, 0.1) is 13.8 Å². The van der Waals surface area contributed by atoms with Gasteiger partial charge in [-0.2, -0.15) is 8.42 Å². The van der Waals surface area contributed by atoms with E-state index in [1.807, 2.05) is 13.8 Å². The summed E-state index contributed by atoms with van der Waals surface area (Å²) >= 11 is 0. The molecule has 0 saturated carbocycles. The van der Waals surface area contributed by atoms with Gasteiger partial charge in [-0.1, -0.05) is 51.8 Å². The molecule has 3 rings (SSSR count). The van der Waals surface area contributed by atoms with Crippen molar-refractivity contribution < 1.29 is 26.9 Å². The van der Waals surface area contributed by atoms with Gasteiger partial charge >= 0.3 is 6.16 Å². The van der Waals surface area contributed by atoms with Crippen molar-refractivity contribution in [3.8, 4) is 0 Å². The summed E-state index contributed by atoms with van der Waals surface area (Å²) in [5.74, 6) is 0.352. The van der Waals surface area contributed by atoms with Crippen molar-refractivity contribution in [3.63, 3.8) is 0 Å². The Hall–Kier alpha value is -2.95. The Morgan fingerprint density at radius 1 is 1.06 bits per heavy atom. The number of aryl methyl sites for hydroxylation is 2. The zero-order chi connectivity index (χ0) is 24.8. The molecule has 0 aliphatic heterocycles. The van der Waals surface area contributed by atoms with E-state index >= 15 is 0 Å². The monoisotopic (exact) mass is 504 g/mol. The van der Waals surface area contributed by atoms with Gasteiger partial charge in [0, 0.05) is 12.5 Å². The first kappa shape index (κ1) is 25.7. The van der Waals surface area contributed by atoms with E-state index in [9.17, 15) is 17.4 Å². The number of sulfonamides is 1. The number of hydrogen-bond donors (Lipinski definition) is 1. The lowest BCUT2D eigenvalue weighted by atomic mass is 10.0. The number of carbonyl (C=O) groups is 1. The summed E-state index contributed by atoms with van der Waals surface area (Å²) in [4.78, 5) is 12.0. The number of nitrogens with one attached hydrogen (secondary N) is 1. The van der Waals surface area contributed by atoms with Crippen molar-refractivity contribution >= 4 is 26.1 Å². The Morgan fingerprint density at radius 3 is 2.24 bits per heavy atom. The van der Waals surface area contributed by atoms with Crippen LogP contribution >= 0.6 is 0 Å². The number of carbonyl (C=O) groups excluding carboxylic acids is 1. The molecule has 1 aliphatic carbocycles. The predicted molar refractivity (Wildman–Crippen MR) is 130 cm³/mol. The van der Waals surface area contributed by atoms with E-state index < -0.39 is 32.1 Å². The molecule has 0 aromatic heterocycles. The summed E-state index contributed by atoms with van der Waals surface area (Å²) in [5, 5.41) is 0. The molecule has 2 aromatic carbocycles. The summed E-state index contributed by atoms with van der Waals surface area (Å²) in [6.07, 6.45) is 3.85. The minimum absolute atomic E-state index is 0.0186. The van der Waals surface area contributed by atoms with E-state index in [0.717, 1.165) is 11.1 Å². The van der Waals surface area contributed by atoms with Crippen molar-refractivity contribution in [1.82, 2.24) is 4.72 Å². The molecule has 0 heterocycles. The van der Waals surface area contributed by atoms with Crippen molar-refractivity contribution in [2.45, 2.75) is 48.9 Å². The molecular formula is C24H28N2O6S2. The number of hydrogen-bond acceptors (Lipinski definition) is 6. The van der Waals surface area contributed by atoms with Crippen molar-refractivity contribution in [2.24, 2.45) is 3.77 Å². The van der Waals surface area contributed by atoms with Crippen molar-refractivity contribution in [3.05, 3.63) is 84.1 Å². The van der Waals surface area contributed by atoms with E-state index in [1.54, 1.807) is 42.5 Å². The molecular weight excluding hydrogens is 476 g/mol. The first-order valence-corrected chi connectivity index (χ1v) is 13.7. The van der Waals surface area contributed by atoms with Crippen LogP contribution in [0.3, 0.4) is 0 Å². The molecule has 0 saturated heterocycles. The summed E-state index contributed by atoms with van der Waals surface area (Å²) in [5.41, 5.74) is 1.82. The van der Waals surface area contributed by atoms with Gasteiger partial charge in [-0.25, -0.2) is 13.7 Å². The van der Waals surface area contributed by atoms with Crippen LogP contribution in [-0.4, -0.2) is 31.4 Å². The van der Waals surface area contributed by atoms with Gasteiger partial charge < -0.3 is 9.47 Å². The van der Waals surface area contributed by atoms with Crippen molar-refractivity contribution in [1.29, 1.82) is 0 Å². The van der Waals surface area contributed by atoms with E-state index in [-0.39, 0.29) is 16.4 Å². The van der Waals surface area contributed by atoms with Gasteiger partial charge in [-0.3, -0.25) is 0 Å². The normalized spacial score (nSPS) is 17.7. The third-order valence-electron chi connectivity index (χ3n) is 5.03. The molecule has 0 radical (unpaired) electrons. The average Bonchev–Trinajstić information content (AvgIpc) is 2.78. The van der Waals surface area contributed by atoms with Gasteiger partial charge in [0.1, 0.15) is 12.4 Å². The highest BCUT2D eigenvalue weighted by molar-refractivity contribution is 8.02. The van der Waals surface area contributed by atoms with E-state index in [4.69, 9.17) is 9.47 Å². The third-order valence-corrected chi connectivity index (χ3v) is 9.06. The molecule has 10 heteroatoms. The minimum Gasteiger partial charge on any atom is -0.430 e. The van der Waals surface area contributed by atoms with Gasteiger partial charge in [0.2, 0.25) is 0 Å². The topological polar surface area (TPSA) is 111 Å². The van der Waals surface area contributed by atoms with Crippen LogP contribution in [0.15, 0.2) is 86.6 Å². The Bertz CT molecular complexity index is 1290. The highest BCUT2D eigenvalue weighted by Crippen LogP contribution is 2.24. The first-order chi connectivity index (χ1) is 16.1. The molecule has 34 heavy (non-hydrogen) atoms. The fourth-order valence-electron chi connectivity index (χ4n) is 3.28. The molecule has 182 valence electrons. The minimum atomic E-state index is -4.23. The molecule has 0 bridgehead atoms. The fourth-order valence-corrected chi connectivity index (χ4v) is 6.96. The molecule has 2 aromatic rings. The highest BCUT2D eigenvalue weighted by Gasteiger charge is 2.26. The van der Waals surface area contributed by atoms with Gasteiger partial charge in [0.15, 0.2) is 9.92 Å². The second-order valence-electron chi connectivity index (χ2n) is 7.90. The average molecular weight is 505 g/mol. The van der Waals surface area contributed by atoms with Gasteiger partial charge in [-0.15, -0.1) is 0 Å². The maximum Gasteiger partial charge on any atom is 0.513 e. The maximum absolute atomic E-state index is 14.1. The molecule has 0 fully saturated rings. The second-order valence-corrected chi connectivity index (χ2v) is 11.7. The largest absolute Gasteiger partial charge is 0.513 e. The Kier molecular flexibility index (Phi) is 8.29. The first-order valence-electron chi connectivity index (χ1n) is 10.7. The molecule has 0 spiro atoms. The van der Waals surface area contributed by atoms with Crippen LogP contribution in [0.25, 0.3) is 0 Å². The molecule has 1 N–H and O–H groups in total. The molecule has 0 amide bonds. The zero-order valence-corrected chi connectivity index (χ0v) is 20.7. The SMILES string of the molecule is C=CCOC(=O)OC1=C[C@H](NS(=O)(=NS(=O)(=O)c2ccc(C)cc2)c2ccc(C)cc2)CCC1. The smallest absolute Gasteiger partial charge is 0.430 e. The van der Waals surface area contributed by atoms with E-state index in [0.29, 0.717) is 25.0 Å². The predicted octanol–water partition coefficient (Wildman–Crippen LogP) is 4.80. The maximum atomic E-state index is 14.1. The van der Waals surface area contributed by atoms with Gasteiger partial charge in [-0.05, 0) is 57.0 Å². The lowest BCUT2D eigenvalue weighted by molar-refractivity contribution is 0.0826. The van der Waals surface area contributed by atoms with Gasteiger partial charge in [0.25, 0.3) is 10.0 Å². The standard InChI is InChI=1S/C24H28N2O6S2/c1-4-16-31-24(27)32-21-7-5-6-20(17-21)25-33(28,22-12-8-18(2)9-13-22)26-34(29,30)23-14-10-19(3)11-15-23/h4,8-15,17,20H,1,5-7,16H2,2-3H3,(H,25,26,28)/t20-,33?/m1/s1. The van der Waals surface area contributed by atoms with Crippen LogP contribution in [0.5, 0.6) is 0 Å². The number of nitrogens with zero attached hydrogens (tertiary/aromatic N) is 1. The Labute approximate surface area is 201 Å². The van der Waals surface area contributed by atoms with E-state index in [2.05, 4.69) is 15.1 Å². The van der Waals surface area contributed by atoms with Crippen LogP contribution in [0.2, 0.25) is 0 Å². The zero-order valence-electron chi connectivity index (χ0n) is 19.1. The number of rotatable bonds is 8. The fraction of sp³-hybridized carbons (Fsp3) is 0.292. The van der Waals surface area contributed by atoms with Gasteiger partial charge in [0.05, 0.1) is 9.79 Å². The second kappa shape index (κ2) is 11.0. The summed E-state index contributed by atoms with van der Waals surface area (Å²) in [6, 6.07) is 12.3. The summed E-state index contributed by atoms with van der Waals surface area (Å²) < 4.78 is 57.0. The lowest BCUT2D eigenvalue weighted by Crippen LogP contribution is -2.35. The van der Waals surface area contributed by atoms with Crippen LogP contribution in [0.1, 0.15) is 30.4 Å². The molecule has 2 atom stereocenters. The molecule has 1 aliphatic rings. The number of benzene rings is 2. The number of ether oxygens (including phenoxy) is 2. The Balaban J connectivity index is 1.97. The van der Waals surface area contributed by atoms with Crippen molar-refractivity contribution in [2.75, 3.05) is 6.61 Å². The van der Waals surface area contributed by atoms with Crippen LogP contribution < -0.4 is 4.72 Å². The molecule has 1 unspecified atom stereocenters. The third kappa shape index (κ3) is 6.78. The lowest BCUT2D eigenvalue weighted by Gasteiger charge is -2.23. The van der Waals surface area contributed by atoms with Crippen LogP contribution in [0.4, 0.5) is 4.79 Å². The quantitative estimate of drug-likeness (QED) is 0.408. The van der Waals surface area contributed by atoms with Crippen LogP contribution in [-0.2, 0) is 29.4 Å². The Morgan fingerprint density at radius 2 is 1.65 bits per heavy atom. The van der Waals surface area contributed by atoms with E-state index in [1.165, 1.54) is 18.2 Å². The number of allylic oxidation sites excluding steroid dienone is 1. The molecule has 8 nitrogen and oxygen atoms in total. The summed E-state index contributed by atoms with van der Waals surface area (Å²) in [6.45, 7) is 7.20. The highest BCUT2D eigenvalue weighted by atomic mass is 32.3. The summed E-state index contributed by atoms with van der Waals surface area (Å²) in [7, 11) is -7.84.